The molecule has 192 valence electrons. The van der Waals surface area contributed by atoms with Crippen LogP contribution in [0, 0.1) is 10.1 Å². The average Bonchev–Trinajstić information content (AvgIpc) is 2.89. The standard InChI is InChI=1S/C25H23N3O8S/c1-35-12-11-18-15-37(34)24-21(26-20(29)13-16-5-3-2-4-6-16)23(30)27(24)22(18)25(31)36-14-17-7-9-19(10-8-17)28(32)33/h2-12,21,24H,13-15H2,1H3,(H,26,29)/t21?,24-,37?/m0/s1. The number of β-lactam (4-membered cyclic amide) rings is 1. The lowest BCUT2D eigenvalue weighted by molar-refractivity contribution is -0.384. The zero-order valence-electron chi connectivity index (χ0n) is 19.7. The Morgan fingerprint density at radius 1 is 1.16 bits per heavy atom. The second-order valence-electron chi connectivity index (χ2n) is 8.24. The predicted octanol–water partition coefficient (Wildman–Crippen LogP) is 1.71. The predicted molar refractivity (Wildman–Crippen MR) is 132 cm³/mol. The van der Waals surface area contributed by atoms with Crippen molar-refractivity contribution in [1.29, 1.82) is 0 Å². The van der Waals surface area contributed by atoms with Crippen LogP contribution < -0.4 is 5.32 Å². The molecule has 2 unspecified atom stereocenters. The number of esters is 1. The molecule has 0 saturated carbocycles. The number of fused-ring (bicyclic) bond motifs is 1. The van der Waals surface area contributed by atoms with Gasteiger partial charge in [-0.2, -0.15) is 0 Å². The van der Waals surface area contributed by atoms with Crippen LogP contribution in [-0.2, 0) is 47.7 Å². The second kappa shape index (κ2) is 11.2. The third-order valence-corrected chi connectivity index (χ3v) is 7.41. The van der Waals surface area contributed by atoms with E-state index in [1.807, 2.05) is 6.07 Å². The number of rotatable bonds is 9. The molecule has 4 rings (SSSR count). The number of methoxy groups -OCH3 is 1. The van der Waals surface area contributed by atoms with Gasteiger partial charge in [0.15, 0.2) is 0 Å². The van der Waals surface area contributed by atoms with Gasteiger partial charge in [0.1, 0.15) is 23.7 Å². The van der Waals surface area contributed by atoms with Crippen LogP contribution in [0.1, 0.15) is 11.1 Å². The number of hydrogen-bond donors (Lipinski definition) is 1. The minimum atomic E-state index is -1.61. The van der Waals surface area contributed by atoms with Crippen molar-refractivity contribution in [3.63, 3.8) is 0 Å². The molecule has 2 aromatic carbocycles. The van der Waals surface area contributed by atoms with Crippen molar-refractivity contribution < 1.29 is 33.0 Å². The number of carbonyl (C=O) groups excluding carboxylic acids is 3. The van der Waals surface area contributed by atoms with Gasteiger partial charge in [-0.15, -0.1) is 0 Å². The van der Waals surface area contributed by atoms with E-state index in [-0.39, 0.29) is 35.7 Å². The van der Waals surface area contributed by atoms with Gasteiger partial charge in [0.05, 0.1) is 41.3 Å². The molecule has 1 saturated heterocycles. The maximum Gasteiger partial charge on any atom is 0.355 e. The third-order valence-electron chi connectivity index (χ3n) is 5.80. The minimum Gasteiger partial charge on any atom is -0.504 e. The maximum atomic E-state index is 13.1. The van der Waals surface area contributed by atoms with E-state index >= 15 is 0 Å². The van der Waals surface area contributed by atoms with E-state index in [9.17, 15) is 28.7 Å². The largest absolute Gasteiger partial charge is 0.504 e. The van der Waals surface area contributed by atoms with Crippen molar-refractivity contribution in [3.05, 3.63) is 99.4 Å². The number of nitro benzene ring substituents is 1. The van der Waals surface area contributed by atoms with Crippen molar-refractivity contribution in [2.24, 2.45) is 0 Å². The molecule has 2 aromatic rings. The Balaban J connectivity index is 1.50. The van der Waals surface area contributed by atoms with Crippen molar-refractivity contribution in [3.8, 4) is 0 Å². The summed E-state index contributed by atoms with van der Waals surface area (Å²) < 4.78 is 23.3. The van der Waals surface area contributed by atoms with Crippen molar-refractivity contribution in [2.75, 3.05) is 12.9 Å². The van der Waals surface area contributed by atoms with Gasteiger partial charge in [-0.05, 0) is 34.9 Å². The molecular weight excluding hydrogens is 502 g/mol. The van der Waals surface area contributed by atoms with Gasteiger partial charge in [-0.3, -0.25) is 28.8 Å². The molecule has 11 nitrogen and oxygen atoms in total. The molecule has 0 bridgehead atoms. The topological polar surface area (TPSA) is 145 Å². The zero-order chi connectivity index (χ0) is 26.5. The van der Waals surface area contributed by atoms with Crippen LogP contribution in [0.15, 0.2) is 78.2 Å². The first-order valence-electron chi connectivity index (χ1n) is 11.2. The molecule has 2 amide bonds. The summed E-state index contributed by atoms with van der Waals surface area (Å²) in [7, 11) is -0.204. The maximum absolute atomic E-state index is 13.1. The van der Waals surface area contributed by atoms with Crippen molar-refractivity contribution in [1.82, 2.24) is 10.2 Å². The fourth-order valence-electron chi connectivity index (χ4n) is 4.01. The summed E-state index contributed by atoms with van der Waals surface area (Å²) in [5, 5.41) is 12.5. The molecule has 2 heterocycles. The van der Waals surface area contributed by atoms with Gasteiger partial charge < -0.3 is 14.8 Å². The molecule has 0 aliphatic carbocycles. The number of carbonyl (C=O) groups is 3. The highest BCUT2D eigenvalue weighted by Crippen LogP contribution is 2.36. The number of allylic oxidation sites excluding steroid dienone is 1. The quantitative estimate of drug-likeness (QED) is 0.171. The number of hydrogen-bond acceptors (Lipinski definition) is 8. The molecule has 1 fully saturated rings. The molecule has 2 aliphatic rings. The van der Waals surface area contributed by atoms with Crippen LogP contribution in [0.25, 0.3) is 0 Å². The summed E-state index contributed by atoms with van der Waals surface area (Å²) in [6.07, 6.45) is 2.77. The van der Waals surface area contributed by atoms with Crippen LogP contribution in [-0.4, -0.2) is 56.1 Å². The SMILES string of the molecule is COC=CC1=C(C(=O)OCc2ccc([N+](=O)[O-])cc2)N2C(=O)C(NC(=O)Cc3ccccc3)[C@@H]2S(=O)C1. The normalized spacial score (nSPS) is 20.7. The molecule has 2 aliphatic heterocycles. The number of nitrogens with one attached hydrogen (secondary N) is 1. The third kappa shape index (κ3) is 5.59. The molecule has 3 atom stereocenters. The van der Waals surface area contributed by atoms with E-state index in [0.29, 0.717) is 5.56 Å². The van der Waals surface area contributed by atoms with E-state index in [1.165, 1.54) is 43.7 Å². The lowest BCUT2D eigenvalue weighted by atomic mass is 10.0. The monoisotopic (exact) mass is 525 g/mol. The van der Waals surface area contributed by atoms with Crippen LogP contribution in [0.5, 0.6) is 0 Å². The molecule has 37 heavy (non-hydrogen) atoms. The van der Waals surface area contributed by atoms with E-state index in [0.717, 1.165) is 10.5 Å². The zero-order valence-corrected chi connectivity index (χ0v) is 20.5. The van der Waals surface area contributed by atoms with Gasteiger partial charge in [0, 0.05) is 12.1 Å². The van der Waals surface area contributed by atoms with Crippen molar-refractivity contribution in [2.45, 2.75) is 24.4 Å². The summed E-state index contributed by atoms with van der Waals surface area (Å²) >= 11 is 0. The summed E-state index contributed by atoms with van der Waals surface area (Å²) in [5.74, 6) is -1.87. The average molecular weight is 526 g/mol. The smallest absolute Gasteiger partial charge is 0.355 e. The summed E-state index contributed by atoms with van der Waals surface area (Å²) in [6, 6.07) is 13.4. The van der Waals surface area contributed by atoms with Gasteiger partial charge in [-0.25, -0.2) is 4.79 Å². The highest BCUT2D eigenvalue weighted by atomic mass is 32.2. The van der Waals surface area contributed by atoms with Crippen molar-refractivity contribution >= 4 is 34.3 Å². The van der Waals surface area contributed by atoms with E-state index in [2.05, 4.69) is 5.32 Å². The Morgan fingerprint density at radius 3 is 2.51 bits per heavy atom. The Labute approximate surface area is 214 Å². The van der Waals surface area contributed by atoms with Crippen LogP contribution in [0.3, 0.4) is 0 Å². The van der Waals surface area contributed by atoms with Gasteiger partial charge in [0.2, 0.25) is 5.91 Å². The van der Waals surface area contributed by atoms with E-state index in [4.69, 9.17) is 9.47 Å². The number of benzene rings is 2. The van der Waals surface area contributed by atoms with Gasteiger partial charge in [0.25, 0.3) is 11.6 Å². The fourth-order valence-corrected chi connectivity index (χ4v) is 5.65. The molecule has 0 aromatic heterocycles. The van der Waals surface area contributed by atoms with E-state index in [1.54, 1.807) is 24.3 Å². The first-order chi connectivity index (χ1) is 17.8. The summed E-state index contributed by atoms with van der Waals surface area (Å²) in [5.41, 5.74) is 1.36. The Kier molecular flexibility index (Phi) is 7.77. The molecule has 0 spiro atoms. The Hall–Kier alpha value is -4.32. The van der Waals surface area contributed by atoms with Crippen LogP contribution >= 0.6 is 0 Å². The first-order valence-corrected chi connectivity index (χ1v) is 12.5. The van der Waals surface area contributed by atoms with E-state index < -0.39 is 44.9 Å². The first kappa shape index (κ1) is 25.8. The number of ether oxygens (including phenoxy) is 2. The molecule has 12 heteroatoms. The number of nitro groups is 1. The second-order valence-corrected chi connectivity index (χ2v) is 9.78. The van der Waals surface area contributed by atoms with Gasteiger partial charge in [-0.1, -0.05) is 30.3 Å². The summed E-state index contributed by atoms with van der Waals surface area (Å²) in [4.78, 5) is 50.1. The highest BCUT2D eigenvalue weighted by molar-refractivity contribution is 7.86. The van der Waals surface area contributed by atoms with Gasteiger partial charge >= 0.3 is 5.97 Å². The highest BCUT2D eigenvalue weighted by Gasteiger charge is 2.57. The Bertz CT molecular complexity index is 1310. The lowest BCUT2D eigenvalue weighted by Gasteiger charge is -2.49. The number of nitrogens with zero attached hydrogens (tertiary/aromatic N) is 2. The minimum absolute atomic E-state index is 0.0474. The Morgan fingerprint density at radius 2 is 1.86 bits per heavy atom. The number of non-ortho nitro benzene ring substituents is 1. The lowest BCUT2D eigenvalue weighted by Crippen LogP contribution is -2.73. The number of amides is 2. The van der Waals surface area contributed by atoms with Crippen LogP contribution in [0.4, 0.5) is 5.69 Å². The fraction of sp³-hybridized carbons (Fsp3) is 0.240. The molecule has 1 N–H and O–H groups in total. The molecule has 0 radical (unpaired) electrons. The molecular formula is C25H23N3O8S. The van der Waals surface area contributed by atoms with Crippen LogP contribution in [0.2, 0.25) is 0 Å². The summed E-state index contributed by atoms with van der Waals surface area (Å²) in [6.45, 7) is -0.200.